The second kappa shape index (κ2) is 12.1. The summed E-state index contributed by atoms with van der Waals surface area (Å²) in [5.74, 6) is 1.65. The molecule has 0 saturated carbocycles. The van der Waals surface area contributed by atoms with Crippen molar-refractivity contribution in [1.29, 1.82) is 0 Å². The standard InChI is InChI=1S/C49H29N3O2/c1-3-14-31(15-4-1)35-27-28-42-43(39-22-11-20-36(45(39)54-42)32-16-5-2-6-17-32)44(35)49-51-47(34-26-25-30-13-7-8-18-33(30)29-34)50-48(52-49)40-23-12-21-38-37-19-9-10-24-41(37)53-46(38)40/h1-29H. The molecule has 8 aromatic carbocycles. The van der Waals surface area contributed by atoms with Crippen molar-refractivity contribution in [3.8, 4) is 56.4 Å². The van der Waals surface area contributed by atoms with E-state index in [2.05, 4.69) is 133 Å². The van der Waals surface area contributed by atoms with E-state index >= 15 is 0 Å². The average molecular weight is 692 g/mol. The zero-order valence-electron chi connectivity index (χ0n) is 28.9. The summed E-state index contributed by atoms with van der Waals surface area (Å²) in [6.07, 6.45) is 0. The van der Waals surface area contributed by atoms with Crippen LogP contribution in [0.25, 0.3) is 111 Å². The van der Waals surface area contributed by atoms with E-state index in [1.807, 2.05) is 42.5 Å². The van der Waals surface area contributed by atoms with E-state index in [1.165, 1.54) is 0 Å². The third-order valence-corrected chi connectivity index (χ3v) is 10.3. The maximum absolute atomic E-state index is 6.77. The Balaban J connectivity index is 1.25. The SMILES string of the molecule is c1ccc(-c2ccc3oc4c(-c5ccccc5)cccc4c3c2-c2nc(-c3ccc4ccccc4c3)nc(-c3cccc4c3oc3ccccc34)n2)cc1. The van der Waals surface area contributed by atoms with Crippen molar-refractivity contribution < 1.29 is 8.83 Å². The Kier molecular flexibility index (Phi) is 6.79. The summed E-state index contributed by atoms with van der Waals surface area (Å²) in [5, 5.41) is 6.27. The van der Waals surface area contributed by atoms with Crippen LogP contribution < -0.4 is 0 Å². The lowest BCUT2D eigenvalue weighted by molar-refractivity contribution is 0.669. The minimum absolute atomic E-state index is 0.529. The summed E-state index contributed by atoms with van der Waals surface area (Å²) in [6.45, 7) is 0. The Hall–Kier alpha value is -7.37. The molecule has 0 fully saturated rings. The first-order valence-corrected chi connectivity index (χ1v) is 18.0. The van der Waals surface area contributed by atoms with Gasteiger partial charge in [0.25, 0.3) is 0 Å². The van der Waals surface area contributed by atoms with Gasteiger partial charge in [0.05, 0.1) is 5.56 Å². The largest absolute Gasteiger partial charge is 0.455 e. The summed E-state index contributed by atoms with van der Waals surface area (Å²) in [5.41, 5.74) is 9.88. The molecule has 0 saturated heterocycles. The third kappa shape index (κ3) is 4.83. The van der Waals surface area contributed by atoms with Gasteiger partial charge in [-0.3, -0.25) is 0 Å². The molecule has 0 amide bonds. The van der Waals surface area contributed by atoms with Gasteiger partial charge < -0.3 is 8.83 Å². The van der Waals surface area contributed by atoms with E-state index < -0.39 is 0 Å². The molecule has 5 heteroatoms. The second-order valence-corrected chi connectivity index (χ2v) is 13.5. The fourth-order valence-electron chi connectivity index (χ4n) is 7.81. The van der Waals surface area contributed by atoms with Crippen LogP contribution in [0.3, 0.4) is 0 Å². The van der Waals surface area contributed by atoms with E-state index in [9.17, 15) is 0 Å². The number of para-hydroxylation sites is 3. The second-order valence-electron chi connectivity index (χ2n) is 13.5. The van der Waals surface area contributed by atoms with Crippen molar-refractivity contribution in [2.75, 3.05) is 0 Å². The first kappa shape index (κ1) is 30.3. The molecule has 11 aromatic rings. The molecule has 11 rings (SSSR count). The minimum Gasteiger partial charge on any atom is -0.455 e. The Morgan fingerprint density at radius 2 is 0.944 bits per heavy atom. The zero-order chi connectivity index (χ0) is 35.6. The Labute approximate surface area is 309 Å². The van der Waals surface area contributed by atoms with E-state index in [0.717, 1.165) is 93.6 Å². The smallest absolute Gasteiger partial charge is 0.167 e. The Morgan fingerprint density at radius 3 is 1.78 bits per heavy atom. The van der Waals surface area contributed by atoms with Crippen molar-refractivity contribution in [3.63, 3.8) is 0 Å². The number of benzene rings is 8. The van der Waals surface area contributed by atoms with Gasteiger partial charge in [-0.2, -0.15) is 0 Å². The number of hydrogen-bond donors (Lipinski definition) is 0. The Morgan fingerprint density at radius 1 is 0.333 bits per heavy atom. The van der Waals surface area contributed by atoms with Gasteiger partial charge in [0.2, 0.25) is 0 Å². The van der Waals surface area contributed by atoms with Crippen LogP contribution in [-0.4, -0.2) is 15.0 Å². The molecule has 252 valence electrons. The lowest BCUT2D eigenvalue weighted by Gasteiger charge is -2.14. The molecule has 0 aliphatic carbocycles. The van der Waals surface area contributed by atoms with Crippen LogP contribution in [0.2, 0.25) is 0 Å². The van der Waals surface area contributed by atoms with Gasteiger partial charge in [-0.15, -0.1) is 0 Å². The summed E-state index contributed by atoms with van der Waals surface area (Å²) >= 11 is 0. The molecule has 3 aromatic heterocycles. The number of furan rings is 2. The monoisotopic (exact) mass is 691 g/mol. The number of fused-ring (bicyclic) bond motifs is 7. The normalized spacial score (nSPS) is 11.7. The molecule has 0 unspecified atom stereocenters. The van der Waals surface area contributed by atoms with E-state index in [1.54, 1.807) is 0 Å². The first-order valence-electron chi connectivity index (χ1n) is 18.0. The summed E-state index contributed by atoms with van der Waals surface area (Å²) in [7, 11) is 0. The van der Waals surface area contributed by atoms with Gasteiger partial charge >= 0.3 is 0 Å². The highest BCUT2D eigenvalue weighted by Gasteiger charge is 2.24. The van der Waals surface area contributed by atoms with Crippen LogP contribution in [-0.2, 0) is 0 Å². The molecule has 0 aliphatic rings. The van der Waals surface area contributed by atoms with Crippen LogP contribution >= 0.6 is 0 Å². The molecule has 54 heavy (non-hydrogen) atoms. The van der Waals surface area contributed by atoms with Crippen molar-refractivity contribution in [2.45, 2.75) is 0 Å². The fraction of sp³-hybridized carbons (Fsp3) is 0. The highest BCUT2D eigenvalue weighted by atomic mass is 16.3. The van der Waals surface area contributed by atoms with Crippen molar-refractivity contribution in [1.82, 2.24) is 15.0 Å². The number of rotatable bonds is 5. The highest BCUT2D eigenvalue weighted by Crippen LogP contribution is 2.45. The van der Waals surface area contributed by atoms with Crippen molar-refractivity contribution >= 4 is 54.6 Å². The van der Waals surface area contributed by atoms with E-state index in [4.69, 9.17) is 23.8 Å². The summed E-state index contributed by atoms with van der Waals surface area (Å²) in [6, 6.07) is 60.3. The lowest BCUT2D eigenvalue weighted by atomic mass is 9.93. The van der Waals surface area contributed by atoms with Crippen molar-refractivity contribution in [3.05, 3.63) is 176 Å². The van der Waals surface area contributed by atoms with E-state index in [-0.39, 0.29) is 0 Å². The van der Waals surface area contributed by atoms with Gasteiger partial charge in [0.15, 0.2) is 17.5 Å². The van der Waals surface area contributed by atoms with Gasteiger partial charge in [-0.05, 0) is 57.8 Å². The zero-order valence-corrected chi connectivity index (χ0v) is 28.9. The number of nitrogens with zero attached hydrogens (tertiary/aromatic N) is 3. The van der Waals surface area contributed by atoms with Gasteiger partial charge in [0, 0.05) is 38.2 Å². The summed E-state index contributed by atoms with van der Waals surface area (Å²) in [4.78, 5) is 15.9. The maximum Gasteiger partial charge on any atom is 0.167 e. The molecular weight excluding hydrogens is 663 g/mol. The van der Waals surface area contributed by atoms with Crippen LogP contribution in [0.4, 0.5) is 0 Å². The molecule has 0 aliphatic heterocycles. The first-order chi connectivity index (χ1) is 26.8. The van der Waals surface area contributed by atoms with Crippen LogP contribution in [0, 0.1) is 0 Å². The fourth-order valence-corrected chi connectivity index (χ4v) is 7.81. The van der Waals surface area contributed by atoms with Crippen LogP contribution in [0.1, 0.15) is 0 Å². The minimum atomic E-state index is 0.529. The topological polar surface area (TPSA) is 65.0 Å². The molecule has 0 N–H and O–H groups in total. The number of hydrogen-bond acceptors (Lipinski definition) is 5. The van der Waals surface area contributed by atoms with Gasteiger partial charge in [-0.1, -0.05) is 146 Å². The molecule has 0 bridgehead atoms. The third-order valence-electron chi connectivity index (χ3n) is 10.3. The molecule has 0 atom stereocenters. The summed E-state index contributed by atoms with van der Waals surface area (Å²) < 4.78 is 13.3. The Bertz CT molecular complexity index is 3220. The molecule has 5 nitrogen and oxygen atoms in total. The highest BCUT2D eigenvalue weighted by molar-refractivity contribution is 6.18. The van der Waals surface area contributed by atoms with Crippen LogP contribution in [0.15, 0.2) is 185 Å². The quantitative estimate of drug-likeness (QED) is 0.180. The lowest BCUT2D eigenvalue weighted by Crippen LogP contribution is -2.02. The number of aromatic nitrogens is 3. The predicted octanol–water partition coefficient (Wildman–Crippen LogP) is 13.2. The van der Waals surface area contributed by atoms with Gasteiger partial charge in [-0.25, -0.2) is 15.0 Å². The molecule has 3 heterocycles. The van der Waals surface area contributed by atoms with Crippen molar-refractivity contribution in [2.24, 2.45) is 0 Å². The molecule has 0 spiro atoms. The van der Waals surface area contributed by atoms with Gasteiger partial charge in [0.1, 0.15) is 22.3 Å². The average Bonchev–Trinajstić information content (AvgIpc) is 3.82. The molecule has 0 radical (unpaired) electrons. The maximum atomic E-state index is 6.77. The van der Waals surface area contributed by atoms with Crippen LogP contribution in [0.5, 0.6) is 0 Å². The predicted molar refractivity (Wildman–Crippen MR) is 219 cm³/mol. The van der Waals surface area contributed by atoms with E-state index in [0.29, 0.717) is 17.5 Å². The molecular formula is C49H29N3O2.